The monoisotopic (exact) mass is 410 g/mol. The topological polar surface area (TPSA) is 34.5 Å². The third-order valence-corrected chi connectivity index (χ3v) is 6.91. The number of fused-ring (bicyclic) bond motifs is 1. The molecule has 0 N–H and O–H groups in total. The highest BCUT2D eigenvalue weighted by molar-refractivity contribution is 6.22. The van der Waals surface area contributed by atoms with Gasteiger partial charge in [-0.2, -0.15) is 0 Å². The molecule has 4 nitrogen and oxygen atoms in total. The molecule has 0 saturated carbocycles. The fraction of sp³-hybridized carbons (Fsp3) is 0.296. The van der Waals surface area contributed by atoms with E-state index in [0.717, 1.165) is 70.4 Å². The molecular weight excluding hydrogens is 384 g/mol. The van der Waals surface area contributed by atoms with Gasteiger partial charge in [0.2, 0.25) is 0 Å². The summed E-state index contributed by atoms with van der Waals surface area (Å²) in [6.07, 6.45) is 2.67. The number of carbonyl (C=O) groups is 1. The number of hydrogen-bond donors (Lipinski definition) is 0. The number of nitrogens with zero attached hydrogens (tertiary/aromatic N) is 2. The molecule has 2 aliphatic heterocycles. The van der Waals surface area contributed by atoms with Crippen LogP contribution in [0.5, 0.6) is 5.75 Å². The lowest BCUT2D eigenvalue weighted by molar-refractivity contribution is 0.103. The second-order valence-electron chi connectivity index (χ2n) is 8.83. The molecule has 156 valence electrons. The van der Waals surface area contributed by atoms with Crippen molar-refractivity contribution in [1.29, 1.82) is 0 Å². The lowest BCUT2D eigenvalue weighted by atomic mass is 9.95. The van der Waals surface area contributed by atoms with Crippen molar-refractivity contribution in [2.45, 2.75) is 32.4 Å². The molecule has 0 bridgehead atoms. The molecule has 1 atom stereocenters. The van der Waals surface area contributed by atoms with Crippen molar-refractivity contribution in [3.63, 3.8) is 0 Å². The van der Waals surface area contributed by atoms with Crippen LogP contribution >= 0.6 is 0 Å². The van der Waals surface area contributed by atoms with Crippen molar-refractivity contribution in [2.75, 3.05) is 19.6 Å². The highest BCUT2D eigenvalue weighted by atomic mass is 16.5. The van der Waals surface area contributed by atoms with E-state index in [2.05, 4.69) is 34.6 Å². The van der Waals surface area contributed by atoms with Gasteiger partial charge in [-0.25, -0.2) is 0 Å². The summed E-state index contributed by atoms with van der Waals surface area (Å²) >= 11 is 0. The minimum absolute atomic E-state index is 0.0909. The van der Waals surface area contributed by atoms with Crippen molar-refractivity contribution >= 4 is 27.5 Å². The van der Waals surface area contributed by atoms with E-state index >= 15 is 0 Å². The number of para-hydroxylation sites is 1. The van der Waals surface area contributed by atoms with E-state index in [1.165, 1.54) is 12.8 Å². The van der Waals surface area contributed by atoms with Crippen molar-refractivity contribution in [2.24, 2.45) is 0 Å². The van der Waals surface area contributed by atoms with Crippen molar-refractivity contribution in [3.8, 4) is 5.75 Å². The molecule has 3 heterocycles. The molecule has 1 aromatic heterocycles. The van der Waals surface area contributed by atoms with Crippen LogP contribution in [0, 0.1) is 6.92 Å². The summed E-state index contributed by atoms with van der Waals surface area (Å²) in [6.45, 7) is 6.14. The maximum absolute atomic E-state index is 13.9. The molecule has 0 amide bonds. The van der Waals surface area contributed by atoms with E-state index in [1.807, 2.05) is 42.5 Å². The molecule has 3 aromatic carbocycles. The summed E-state index contributed by atoms with van der Waals surface area (Å²) in [5.41, 5.74) is 3.66. The van der Waals surface area contributed by atoms with Gasteiger partial charge in [-0.05, 0) is 49.7 Å². The van der Waals surface area contributed by atoms with E-state index in [9.17, 15) is 4.79 Å². The van der Waals surface area contributed by atoms with E-state index < -0.39 is 0 Å². The van der Waals surface area contributed by atoms with E-state index in [4.69, 9.17) is 4.74 Å². The molecule has 1 fully saturated rings. The molecule has 1 unspecified atom stereocenters. The van der Waals surface area contributed by atoms with E-state index in [-0.39, 0.29) is 11.9 Å². The van der Waals surface area contributed by atoms with Gasteiger partial charge in [-0.1, -0.05) is 54.6 Å². The maximum atomic E-state index is 13.9. The Morgan fingerprint density at radius 1 is 0.968 bits per heavy atom. The van der Waals surface area contributed by atoms with Gasteiger partial charge >= 0.3 is 0 Å². The van der Waals surface area contributed by atoms with Crippen molar-refractivity contribution in [1.82, 2.24) is 9.47 Å². The van der Waals surface area contributed by atoms with Crippen molar-refractivity contribution < 1.29 is 9.53 Å². The molecule has 4 aromatic rings. The van der Waals surface area contributed by atoms with Crippen LogP contribution in [-0.2, 0) is 6.54 Å². The third kappa shape index (κ3) is 2.97. The highest BCUT2D eigenvalue weighted by Crippen LogP contribution is 2.38. The third-order valence-electron chi connectivity index (χ3n) is 6.91. The number of carbonyl (C=O) groups excluding carboxylic acids is 1. The van der Waals surface area contributed by atoms with Gasteiger partial charge in [0.1, 0.15) is 11.9 Å². The van der Waals surface area contributed by atoms with Crippen LogP contribution in [0.4, 0.5) is 0 Å². The zero-order valence-electron chi connectivity index (χ0n) is 17.8. The number of hydrogen-bond acceptors (Lipinski definition) is 3. The molecular formula is C27H26N2O2. The average Bonchev–Trinajstić information content (AvgIpc) is 3.40. The van der Waals surface area contributed by atoms with Gasteiger partial charge in [-0.15, -0.1) is 0 Å². The fourth-order valence-corrected chi connectivity index (χ4v) is 5.44. The Labute approximate surface area is 182 Å². The Bertz CT molecular complexity index is 1310. The Morgan fingerprint density at radius 3 is 2.58 bits per heavy atom. The van der Waals surface area contributed by atoms with Crippen LogP contribution in [0.3, 0.4) is 0 Å². The Kier molecular flexibility index (Phi) is 4.35. The van der Waals surface area contributed by atoms with Crippen LogP contribution in [0.1, 0.15) is 34.5 Å². The molecule has 1 saturated heterocycles. The van der Waals surface area contributed by atoms with Crippen LogP contribution in [0.25, 0.3) is 21.7 Å². The van der Waals surface area contributed by atoms with Crippen LogP contribution in [-0.4, -0.2) is 41.0 Å². The van der Waals surface area contributed by atoms with Crippen LogP contribution in [0.15, 0.2) is 60.7 Å². The largest absolute Gasteiger partial charge is 0.485 e. The first kappa shape index (κ1) is 18.6. The number of ether oxygens (including phenoxy) is 1. The molecule has 4 heteroatoms. The van der Waals surface area contributed by atoms with Crippen LogP contribution in [0.2, 0.25) is 0 Å². The SMILES string of the molecule is Cc1c(C(=O)c2cccc3ccccc23)c2cccc3c2n1CC(CN1CCCC1)O3. The van der Waals surface area contributed by atoms with Gasteiger partial charge < -0.3 is 9.30 Å². The average molecular weight is 411 g/mol. The molecule has 0 spiro atoms. The quantitative estimate of drug-likeness (QED) is 0.434. The first-order valence-corrected chi connectivity index (χ1v) is 11.2. The summed E-state index contributed by atoms with van der Waals surface area (Å²) in [6, 6.07) is 20.2. The minimum atomic E-state index is 0.0909. The second-order valence-corrected chi connectivity index (χ2v) is 8.83. The summed E-state index contributed by atoms with van der Waals surface area (Å²) in [5.74, 6) is 0.987. The number of aromatic nitrogens is 1. The molecule has 0 radical (unpaired) electrons. The van der Waals surface area contributed by atoms with Crippen molar-refractivity contribution in [3.05, 3.63) is 77.5 Å². The standard InChI is InChI=1S/C27H26N2O2/c1-18-25(27(30)22-11-6-9-19-8-2-3-10-21(19)22)23-12-7-13-24-26(23)29(18)17-20(31-24)16-28-14-4-5-15-28/h2-3,6-13,20H,4-5,14-17H2,1H3. The van der Waals surface area contributed by atoms with E-state index in [0.29, 0.717) is 0 Å². The Morgan fingerprint density at radius 2 is 1.71 bits per heavy atom. The first-order chi connectivity index (χ1) is 15.2. The number of benzene rings is 3. The highest BCUT2D eigenvalue weighted by Gasteiger charge is 2.30. The van der Waals surface area contributed by atoms with Crippen LogP contribution < -0.4 is 4.74 Å². The zero-order valence-corrected chi connectivity index (χ0v) is 17.8. The Balaban J connectivity index is 1.45. The summed E-state index contributed by atoms with van der Waals surface area (Å²) in [5, 5.41) is 3.09. The second kappa shape index (κ2) is 7.24. The molecule has 31 heavy (non-hydrogen) atoms. The lowest BCUT2D eigenvalue weighted by Gasteiger charge is -2.30. The summed E-state index contributed by atoms with van der Waals surface area (Å²) in [4.78, 5) is 16.4. The molecule has 6 rings (SSSR count). The number of likely N-dealkylation sites (tertiary alicyclic amines) is 1. The summed E-state index contributed by atoms with van der Waals surface area (Å²) in [7, 11) is 0. The molecule has 2 aliphatic rings. The lowest BCUT2D eigenvalue weighted by Crippen LogP contribution is -2.38. The normalized spacial score (nSPS) is 18.5. The minimum Gasteiger partial charge on any atom is -0.485 e. The first-order valence-electron chi connectivity index (χ1n) is 11.2. The predicted molar refractivity (Wildman–Crippen MR) is 124 cm³/mol. The smallest absolute Gasteiger partial charge is 0.196 e. The van der Waals surface area contributed by atoms with Gasteiger partial charge in [0.25, 0.3) is 0 Å². The predicted octanol–water partition coefficient (Wildman–Crippen LogP) is 5.19. The fourth-order valence-electron chi connectivity index (χ4n) is 5.44. The molecule has 0 aliphatic carbocycles. The zero-order chi connectivity index (χ0) is 20.9. The Hall–Kier alpha value is -3.11. The van der Waals surface area contributed by atoms with Gasteiger partial charge in [0, 0.05) is 23.2 Å². The number of rotatable bonds is 4. The number of ketones is 1. The van der Waals surface area contributed by atoms with E-state index in [1.54, 1.807) is 0 Å². The maximum Gasteiger partial charge on any atom is 0.196 e. The van der Waals surface area contributed by atoms with Gasteiger partial charge in [0.15, 0.2) is 5.78 Å². The van der Waals surface area contributed by atoms with Gasteiger partial charge in [0.05, 0.1) is 17.6 Å². The summed E-state index contributed by atoms with van der Waals surface area (Å²) < 4.78 is 8.73. The van der Waals surface area contributed by atoms with Gasteiger partial charge in [-0.3, -0.25) is 9.69 Å².